The molecule has 0 saturated heterocycles. The van der Waals surface area contributed by atoms with Gasteiger partial charge in [-0.1, -0.05) is 43.2 Å². The van der Waals surface area contributed by atoms with Crippen molar-refractivity contribution >= 4 is 21.7 Å². The number of hydrogen-bond acceptors (Lipinski definition) is 4. The van der Waals surface area contributed by atoms with Crippen LogP contribution >= 0.6 is 0 Å². The smallest absolute Gasteiger partial charge is 0.330 e. The molecule has 1 aliphatic rings. The van der Waals surface area contributed by atoms with Crippen LogP contribution in [0.15, 0.2) is 30.3 Å². The Bertz CT molecular complexity index is 635. The van der Waals surface area contributed by atoms with Gasteiger partial charge >= 0.3 is 5.97 Å². The van der Waals surface area contributed by atoms with Gasteiger partial charge in [0.05, 0.1) is 5.25 Å². The van der Waals surface area contributed by atoms with E-state index >= 15 is 0 Å². The molecular formula is C15H19NO5S. The zero-order valence-electron chi connectivity index (χ0n) is 12.1. The minimum absolute atomic E-state index is 0.404. The van der Waals surface area contributed by atoms with E-state index in [0.29, 0.717) is 18.4 Å². The van der Waals surface area contributed by atoms with Gasteiger partial charge in [0.15, 0.2) is 15.9 Å². The number of carbonyl (C=O) groups excluding carboxylic acids is 1. The van der Waals surface area contributed by atoms with E-state index in [1.54, 1.807) is 30.3 Å². The molecule has 0 bridgehead atoms. The van der Waals surface area contributed by atoms with Crippen molar-refractivity contribution in [3.05, 3.63) is 35.9 Å². The van der Waals surface area contributed by atoms with E-state index in [1.165, 1.54) is 0 Å². The monoisotopic (exact) mass is 325 g/mol. The van der Waals surface area contributed by atoms with Crippen LogP contribution in [0.4, 0.5) is 0 Å². The molecule has 0 aromatic heterocycles. The first-order valence-corrected chi connectivity index (χ1v) is 8.90. The Labute approximate surface area is 129 Å². The minimum Gasteiger partial charge on any atom is -0.479 e. The second-order valence-electron chi connectivity index (χ2n) is 5.46. The number of aliphatic carboxylic acids is 1. The first kappa shape index (κ1) is 16.5. The molecule has 7 heteroatoms. The quantitative estimate of drug-likeness (QED) is 0.821. The first-order chi connectivity index (χ1) is 10.4. The fraction of sp³-hybridized carbons (Fsp3) is 0.467. The maximum Gasteiger partial charge on any atom is 0.330 e. The highest BCUT2D eigenvalue weighted by molar-refractivity contribution is 7.92. The van der Waals surface area contributed by atoms with Gasteiger partial charge in [0, 0.05) is 0 Å². The normalized spacial score (nSPS) is 17.1. The summed E-state index contributed by atoms with van der Waals surface area (Å²) in [4.78, 5) is 23.2. The summed E-state index contributed by atoms with van der Waals surface area (Å²) < 4.78 is 24.2. The summed E-state index contributed by atoms with van der Waals surface area (Å²) in [5.41, 5.74) is 0.404. The van der Waals surface area contributed by atoms with Gasteiger partial charge in [0.1, 0.15) is 5.75 Å². The van der Waals surface area contributed by atoms with Gasteiger partial charge in [-0.15, -0.1) is 0 Å². The average Bonchev–Trinajstić information content (AvgIpc) is 3.00. The highest BCUT2D eigenvalue weighted by Crippen LogP contribution is 2.25. The van der Waals surface area contributed by atoms with Crippen LogP contribution in [0.25, 0.3) is 0 Å². The number of sulfone groups is 1. The van der Waals surface area contributed by atoms with Gasteiger partial charge in [-0.2, -0.15) is 0 Å². The Balaban J connectivity index is 2.04. The molecule has 2 rings (SSSR count). The second kappa shape index (κ2) is 6.91. The molecule has 0 unspecified atom stereocenters. The van der Waals surface area contributed by atoms with Crippen molar-refractivity contribution in [2.75, 3.05) is 5.75 Å². The van der Waals surface area contributed by atoms with Crippen molar-refractivity contribution < 1.29 is 23.1 Å². The maximum absolute atomic E-state index is 12.1. The molecule has 1 amide bonds. The molecule has 0 heterocycles. The van der Waals surface area contributed by atoms with Crippen molar-refractivity contribution in [2.24, 2.45) is 0 Å². The molecule has 1 aromatic carbocycles. The largest absolute Gasteiger partial charge is 0.479 e. The topological polar surface area (TPSA) is 101 Å². The third-order valence-corrected chi connectivity index (χ3v) is 5.98. The molecule has 1 fully saturated rings. The Morgan fingerprint density at radius 3 is 2.32 bits per heavy atom. The number of carbonyl (C=O) groups is 2. The van der Waals surface area contributed by atoms with Gasteiger partial charge in [0.2, 0.25) is 5.91 Å². The van der Waals surface area contributed by atoms with Crippen LogP contribution in [0.1, 0.15) is 37.3 Å². The zero-order chi connectivity index (χ0) is 16.2. The lowest BCUT2D eigenvalue weighted by atomic mass is 10.1. The van der Waals surface area contributed by atoms with Crippen LogP contribution in [-0.2, 0) is 19.4 Å². The minimum atomic E-state index is -3.52. The number of carboxylic acid groups (broad SMARTS) is 1. The van der Waals surface area contributed by atoms with Crippen molar-refractivity contribution in [3.8, 4) is 0 Å². The zero-order valence-corrected chi connectivity index (χ0v) is 12.9. The molecule has 0 radical (unpaired) electrons. The molecule has 1 aliphatic carbocycles. The Hall–Kier alpha value is -1.89. The summed E-state index contributed by atoms with van der Waals surface area (Å²) in [6.07, 6.45) is 2.87. The summed E-state index contributed by atoms with van der Waals surface area (Å²) in [5, 5.41) is 11.0. The van der Waals surface area contributed by atoms with E-state index in [9.17, 15) is 23.1 Å². The molecule has 6 nitrogen and oxygen atoms in total. The summed E-state index contributed by atoms with van der Waals surface area (Å²) >= 11 is 0. The van der Waals surface area contributed by atoms with Crippen LogP contribution in [0, 0.1) is 0 Å². The Morgan fingerprint density at radius 2 is 1.77 bits per heavy atom. The molecule has 0 spiro atoms. The number of benzene rings is 1. The Morgan fingerprint density at radius 1 is 1.18 bits per heavy atom. The van der Waals surface area contributed by atoms with Gasteiger partial charge in [-0.3, -0.25) is 4.79 Å². The second-order valence-corrected chi connectivity index (χ2v) is 7.74. The lowest BCUT2D eigenvalue weighted by Gasteiger charge is -2.16. The fourth-order valence-corrected chi connectivity index (χ4v) is 4.42. The number of amides is 1. The molecule has 1 saturated carbocycles. The van der Waals surface area contributed by atoms with Crippen molar-refractivity contribution in [3.63, 3.8) is 0 Å². The highest BCUT2D eigenvalue weighted by atomic mass is 32.2. The van der Waals surface area contributed by atoms with Gasteiger partial charge in [-0.05, 0) is 18.4 Å². The van der Waals surface area contributed by atoms with E-state index in [4.69, 9.17) is 0 Å². The molecule has 1 atom stereocenters. The fourth-order valence-electron chi connectivity index (χ4n) is 2.68. The predicted octanol–water partition coefficient (Wildman–Crippen LogP) is 1.29. The van der Waals surface area contributed by atoms with Crippen molar-refractivity contribution in [1.82, 2.24) is 5.32 Å². The van der Waals surface area contributed by atoms with Crippen LogP contribution in [0.5, 0.6) is 0 Å². The van der Waals surface area contributed by atoms with E-state index in [1.807, 2.05) is 0 Å². The summed E-state index contributed by atoms with van der Waals surface area (Å²) in [7, 11) is -3.52. The molecule has 120 valence electrons. The molecule has 2 N–H and O–H groups in total. The van der Waals surface area contributed by atoms with Crippen molar-refractivity contribution in [2.45, 2.75) is 37.0 Å². The van der Waals surface area contributed by atoms with E-state index in [-0.39, 0.29) is 0 Å². The van der Waals surface area contributed by atoms with E-state index in [2.05, 4.69) is 5.32 Å². The molecule has 1 aromatic rings. The standard InChI is InChI=1S/C15H19NO5S/c17-13(10-22(20,21)12-8-4-5-9-12)16-14(15(18)19)11-6-2-1-3-7-11/h1-3,6-7,12,14H,4-5,8-10H2,(H,16,17)(H,18,19)/t14-/m1/s1. The van der Waals surface area contributed by atoms with Gasteiger partial charge in [0.25, 0.3) is 0 Å². The molecular weight excluding hydrogens is 306 g/mol. The predicted molar refractivity (Wildman–Crippen MR) is 81.0 cm³/mol. The summed E-state index contributed by atoms with van der Waals surface area (Å²) in [6, 6.07) is 6.95. The number of rotatable bonds is 6. The van der Waals surface area contributed by atoms with E-state index in [0.717, 1.165) is 12.8 Å². The van der Waals surface area contributed by atoms with Crippen LogP contribution in [0.2, 0.25) is 0 Å². The summed E-state index contributed by atoms with van der Waals surface area (Å²) in [5.74, 6) is -2.66. The van der Waals surface area contributed by atoms with Crippen LogP contribution < -0.4 is 5.32 Å². The van der Waals surface area contributed by atoms with Crippen LogP contribution in [-0.4, -0.2) is 36.4 Å². The van der Waals surface area contributed by atoms with Gasteiger partial charge in [-0.25, -0.2) is 13.2 Å². The number of hydrogen-bond donors (Lipinski definition) is 2. The summed E-state index contributed by atoms with van der Waals surface area (Å²) in [6.45, 7) is 0. The lowest BCUT2D eigenvalue weighted by molar-refractivity contribution is -0.141. The van der Waals surface area contributed by atoms with E-state index < -0.39 is 38.8 Å². The maximum atomic E-state index is 12.1. The van der Waals surface area contributed by atoms with Crippen LogP contribution in [0.3, 0.4) is 0 Å². The lowest BCUT2D eigenvalue weighted by Crippen LogP contribution is -2.39. The Kier molecular flexibility index (Phi) is 5.18. The SMILES string of the molecule is O=C(CS(=O)(=O)C1CCCC1)N[C@@H](C(=O)O)c1ccccc1. The molecule has 22 heavy (non-hydrogen) atoms. The number of nitrogens with one attached hydrogen (secondary N) is 1. The average molecular weight is 325 g/mol. The van der Waals surface area contributed by atoms with Crippen molar-refractivity contribution in [1.29, 1.82) is 0 Å². The third-order valence-electron chi connectivity index (χ3n) is 3.83. The molecule has 0 aliphatic heterocycles. The first-order valence-electron chi connectivity index (χ1n) is 7.19. The highest BCUT2D eigenvalue weighted by Gasteiger charge is 2.32. The van der Waals surface area contributed by atoms with Gasteiger partial charge < -0.3 is 10.4 Å². The third kappa shape index (κ3) is 4.07. The number of carboxylic acids is 1.